The average molecular weight is 563 g/mol. The third kappa shape index (κ3) is 3.65. The van der Waals surface area contributed by atoms with Gasteiger partial charge in [-0.1, -0.05) is 26.3 Å². The first-order chi connectivity index (χ1) is 18.6. The number of carbonyl (C=O) groups excluding carboxylic acids is 5. The van der Waals surface area contributed by atoms with Gasteiger partial charge in [0.1, 0.15) is 23.9 Å². The lowest BCUT2D eigenvalue weighted by Crippen LogP contribution is -2.79. The molecule has 4 fully saturated rings. The molecule has 2 bridgehead atoms. The molecule has 2 saturated carbocycles. The molecule has 0 aromatic carbocycles. The summed E-state index contributed by atoms with van der Waals surface area (Å²) in [6.07, 6.45) is -3.89. The largest absolute Gasteiger partial charge is 0.459 e. The van der Waals surface area contributed by atoms with E-state index >= 15 is 0 Å². The molecule has 2 saturated heterocycles. The summed E-state index contributed by atoms with van der Waals surface area (Å²) in [4.78, 5) is 64.8. The Morgan fingerprint density at radius 2 is 1.75 bits per heavy atom. The third-order valence-corrected chi connectivity index (χ3v) is 10.5. The Bertz CT molecular complexity index is 1190. The highest BCUT2D eigenvalue weighted by atomic mass is 16.6. The van der Waals surface area contributed by atoms with E-state index in [1.165, 1.54) is 19.9 Å². The molecule has 0 aromatic rings. The van der Waals surface area contributed by atoms with Crippen LogP contribution in [0.25, 0.3) is 0 Å². The number of rotatable bonds is 5. The highest BCUT2D eigenvalue weighted by Crippen LogP contribution is 2.73. The maximum Gasteiger partial charge on any atom is 0.348 e. The monoisotopic (exact) mass is 562 g/mol. The van der Waals surface area contributed by atoms with Crippen LogP contribution >= 0.6 is 0 Å². The molecule has 12 atom stereocenters. The number of hydrogen-bond acceptors (Lipinski definition) is 11. The van der Waals surface area contributed by atoms with Crippen molar-refractivity contribution in [2.45, 2.75) is 97.4 Å². The summed E-state index contributed by atoms with van der Waals surface area (Å²) in [7, 11) is 0. The first kappa shape index (κ1) is 28.7. The zero-order chi connectivity index (χ0) is 29.5. The van der Waals surface area contributed by atoms with Crippen molar-refractivity contribution in [1.82, 2.24) is 0 Å². The predicted octanol–water partition coefficient (Wildman–Crippen LogP) is 1.67. The van der Waals surface area contributed by atoms with Crippen molar-refractivity contribution in [3.05, 3.63) is 11.6 Å². The van der Waals surface area contributed by atoms with Gasteiger partial charge in [-0.3, -0.25) is 19.2 Å². The van der Waals surface area contributed by atoms with E-state index in [1.807, 2.05) is 6.92 Å². The van der Waals surface area contributed by atoms with Crippen LogP contribution in [-0.2, 0) is 47.7 Å². The van der Waals surface area contributed by atoms with Crippen molar-refractivity contribution in [2.75, 3.05) is 6.61 Å². The minimum Gasteiger partial charge on any atom is -0.459 e. The number of ketones is 1. The van der Waals surface area contributed by atoms with Crippen LogP contribution in [0.2, 0.25) is 0 Å². The SMILES string of the molecule is CC[C@@H](C)C(=O)O[C@H]1C(=O)O[C@@H]2C[C@H]3C(C)=CC(=O)[C@@H](O)[C@]3(C)[C@H]3[C@@H](OC(C)=O)[C@H](OC(C)=O)[C@]4(C)OC[C@]32[C@@H]14. The second kappa shape index (κ2) is 9.37. The molecule has 0 radical (unpaired) electrons. The molecule has 2 heterocycles. The summed E-state index contributed by atoms with van der Waals surface area (Å²) >= 11 is 0. The first-order valence-corrected chi connectivity index (χ1v) is 13.9. The van der Waals surface area contributed by atoms with Crippen molar-refractivity contribution in [3.63, 3.8) is 0 Å². The van der Waals surface area contributed by atoms with Crippen molar-refractivity contribution >= 4 is 29.7 Å². The van der Waals surface area contributed by atoms with Crippen LogP contribution in [-0.4, -0.2) is 77.5 Å². The van der Waals surface area contributed by atoms with E-state index in [0.29, 0.717) is 12.0 Å². The van der Waals surface area contributed by atoms with E-state index < -0.39 is 100 Å². The number of aliphatic hydroxyl groups is 1. The van der Waals surface area contributed by atoms with Crippen LogP contribution in [0.15, 0.2) is 11.6 Å². The lowest BCUT2D eigenvalue weighted by molar-refractivity contribution is -0.301. The highest BCUT2D eigenvalue weighted by molar-refractivity contribution is 5.96. The Labute approximate surface area is 232 Å². The Morgan fingerprint density at radius 3 is 2.35 bits per heavy atom. The number of esters is 4. The van der Waals surface area contributed by atoms with Gasteiger partial charge < -0.3 is 28.8 Å². The van der Waals surface area contributed by atoms with Crippen molar-refractivity contribution in [1.29, 1.82) is 0 Å². The lowest BCUT2D eigenvalue weighted by atomic mass is 9.38. The summed E-state index contributed by atoms with van der Waals surface area (Å²) in [5.74, 6) is -5.83. The molecule has 5 aliphatic rings. The molecule has 1 N–H and O–H groups in total. The highest BCUT2D eigenvalue weighted by Gasteiger charge is 2.84. The Morgan fingerprint density at radius 1 is 1.10 bits per heavy atom. The van der Waals surface area contributed by atoms with Crippen LogP contribution in [0.5, 0.6) is 0 Å². The molecule has 0 unspecified atom stereocenters. The van der Waals surface area contributed by atoms with Gasteiger partial charge in [0, 0.05) is 30.6 Å². The van der Waals surface area contributed by atoms with Gasteiger partial charge in [0.25, 0.3) is 0 Å². The van der Waals surface area contributed by atoms with Crippen molar-refractivity contribution in [3.8, 4) is 0 Å². The van der Waals surface area contributed by atoms with Crippen LogP contribution in [0.3, 0.4) is 0 Å². The normalized spacial score (nSPS) is 45.8. The summed E-state index contributed by atoms with van der Waals surface area (Å²) in [6.45, 7) is 11.1. The second-order valence-corrected chi connectivity index (χ2v) is 12.6. The molecule has 40 heavy (non-hydrogen) atoms. The number of ether oxygens (including phenoxy) is 5. The Kier molecular flexibility index (Phi) is 6.73. The standard InChI is InChI=1S/C29H38O11/c1-8-12(2)25(34)40-20-22-28(7)24(38-15(5)31)19(37-14(4)30)21-27(6)16(13(3)9-17(32)23(27)33)10-18(39-26(20)35)29(21,22)11-36-28/h9,12,16,18-24,33H,8,10-11H2,1-7H3/t12-,16+,18-,19-,20-,21-,22+,23-,24+,27+,28-,29-/m1/s1. The maximum atomic E-state index is 13.6. The molecule has 11 heteroatoms. The van der Waals surface area contributed by atoms with Gasteiger partial charge in [-0.05, 0) is 38.7 Å². The average Bonchev–Trinajstić information content (AvgIpc) is 3.13. The van der Waals surface area contributed by atoms with Gasteiger partial charge in [0.15, 0.2) is 11.9 Å². The van der Waals surface area contributed by atoms with E-state index in [-0.39, 0.29) is 13.0 Å². The molecular formula is C29H38O11. The van der Waals surface area contributed by atoms with E-state index in [1.54, 1.807) is 27.7 Å². The number of aliphatic hydroxyl groups excluding tert-OH is 1. The minimum atomic E-state index is -1.48. The summed E-state index contributed by atoms with van der Waals surface area (Å²) in [6, 6.07) is 0. The molecule has 2 aliphatic heterocycles. The zero-order valence-corrected chi connectivity index (χ0v) is 23.9. The number of carbonyl (C=O) groups is 5. The fourth-order valence-corrected chi connectivity index (χ4v) is 8.71. The fourth-order valence-electron chi connectivity index (χ4n) is 8.71. The molecule has 5 rings (SSSR count). The second-order valence-electron chi connectivity index (χ2n) is 12.6. The van der Waals surface area contributed by atoms with E-state index in [4.69, 9.17) is 23.7 Å². The van der Waals surface area contributed by atoms with Gasteiger partial charge in [0.2, 0.25) is 6.10 Å². The van der Waals surface area contributed by atoms with Crippen LogP contribution in [0, 0.1) is 34.5 Å². The third-order valence-electron chi connectivity index (χ3n) is 10.5. The minimum absolute atomic E-state index is 0.0182. The smallest absolute Gasteiger partial charge is 0.348 e. The van der Waals surface area contributed by atoms with Gasteiger partial charge in [0.05, 0.1) is 18.4 Å². The van der Waals surface area contributed by atoms with Crippen molar-refractivity contribution < 1.29 is 52.8 Å². The Balaban J connectivity index is 1.78. The summed E-state index contributed by atoms with van der Waals surface area (Å²) in [5, 5.41) is 11.6. The zero-order valence-electron chi connectivity index (χ0n) is 23.9. The maximum absolute atomic E-state index is 13.6. The molecule has 220 valence electrons. The number of hydrogen-bond donors (Lipinski definition) is 1. The van der Waals surface area contributed by atoms with Gasteiger partial charge in [-0.15, -0.1) is 0 Å². The quantitative estimate of drug-likeness (QED) is 0.385. The van der Waals surface area contributed by atoms with E-state index in [9.17, 15) is 29.1 Å². The van der Waals surface area contributed by atoms with E-state index in [0.717, 1.165) is 0 Å². The lowest BCUT2D eigenvalue weighted by Gasteiger charge is -2.68. The van der Waals surface area contributed by atoms with E-state index in [2.05, 4.69) is 0 Å². The molecule has 0 aromatic heterocycles. The van der Waals surface area contributed by atoms with Crippen molar-refractivity contribution in [2.24, 2.45) is 34.5 Å². The molecule has 1 spiro atoms. The van der Waals surface area contributed by atoms with Gasteiger partial charge in [-0.25, -0.2) is 4.79 Å². The van der Waals surface area contributed by atoms with Crippen LogP contribution < -0.4 is 0 Å². The fraction of sp³-hybridized carbons (Fsp3) is 0.759. The Hall–Kier alpha value is -2.79. The van der Waals surface area contributed by atoms with Gasteiger partial charge >= 0.3 is 23.9 Å². The summed E-state index contributed by atoms with van der Waals surface area (Å²) < 4.78 is 30.1. The first-order valence-electron chi connectivity index (χ1n) is 13.9. The van der Waals surface area contributed by atoms with Crippen LogP contribution in [0.4, 0.5) is 0 Å². The molecule has 3 aliphatic carbocycles. The van der Waals surface area contributed by atoms with Crippen LogP contribution in [0.1, 0.15) is 61.3 Å². The number of fused-ring (bicyclic) bond motifs is 2. The van der Waals surface area contributed by atoms with Gasteiger partial charge in [-0.2, -0.15) is 0 Å². The number of allylic oxidation sites excluding steroid dienone is 1. The topological polar surface area (TPSA) is 152 Å². The molecule has 11 nitrogen and oxygen atoms in total. The molecule has 0 amide bonds. The predicted molar refractivity (Wildman–Crippen MR) is 135 cm³/mol. The summed E-state index contributed by atoms with van der Waals surface area (Å²) in [5.41, 5.74) is -3.10. The molecular weight excluding hydrogens is 524 g/mol.